The minimum absolute atomic E-state index is 0.125. The minimum atomic E-state index is -0.368. The van der Waals surface area contributed by atoms with Crippen LogP contribution in [-0.4, -0.2) is 0 Å². The second-order valence-corrected chi connectivity index (χ2v) is 8.71. The van der Waals surface area contributed by atoms with Gasteiger partial charge in [0.25, 0.3) is 0 Å². The van der Waals surface area contributed by atoms with Crippen molar-refractivity contribution < 1.29 is 8.78 Å². The SMILES string of the molecule is CCCCCC[C@@H]1CCc2c(ccc3ccc(F)cc23)[C@H]1c1ccc(Cl)c(F)c1. The molecule has 3 heteroatoms. The highest BCUT2D eigenvalue weighted by molar-refractivity contribution is 6.30. The maximum absolute atomic E-state index is 14.3. The number of aryl methyl sites for hydroxylation is 1. The third-order valence-corrected chi connectivity index (χ3v) is 6.74. The number of hydrogen-bond acceptors (Lipinski definition) is 0. The van der Waals surface area contributed by atoms with Crippen molar-refractivity contribution in [1.82, 2.24) is 0 Å². The molecule has 0 N–H and O–H groups in total. The Balaban J connectivity index is 1.78. The summed E-state index contributed by atoms with van der Waals surface area (Å²) in [5.41, 5.74) is 3.41. The summed E-state index contributed by atoms with van der Waals surface area (Å²) in [5, 5.41) is 2.21. The van der Waals surface area contributed by atoms with E-state index in [1.807, 2.05) is 12.1 Å². The van der Waals surface area contributed by atoms with Gasteiger partial charge in [-0.15, -0.1) is 0 Å². The molecule has 0 heterocycles. The summed E-state index contributed by atoms with van der Waals surface area (Å²) in [6.07, 6.45) is 8.04. The molecule has 0 amide bonds. The minimum Gasteiger partial charge on any atom is -0.207 e. The van der Waals surface area contributed by atoms with Gasteiger partial charge in [0.05, 0.1) is 5.02 Å². The fourth-order valence-electron chi connectivity index (χ4n) is 4.99. The maximum atomic E-state index is 14.3. The van der Waals surface area contributed by atoms with Crippen molar-refractivity contribution >= 4 is 22.4 Å². The first-order valence-corrected chi connectivity index (χ1v) is 11.1. The molecule has 1 aliphatic rings. The predicted molar refractivity (Wildman–Crippen MR) is 118 cm³/mol. The zero-order chi connectivity index (χ0) is 20.4. The van der Waals surface area contributed by atoms with Crippen molar-refractivity contribution in [2.75, 3.05) is 0 Å². The van der Waals surface area contributed by atoms with E-state index in [2.05, 4.69) is 19.1 Å². The topological polar surface area (TPSA) is 0 Å². The Morgan fingerprint density at radius 1 is 0.966 bits per heavy atom. The summed E-state index contributed by atoms with van der Waals surface area (Å²) in [6.45, 7) is 2.22. The molecule has 0 unspecified atom stereocenters. The van der Waals surface area contributed by atoms with Gasteiger partial charge in [-0.25, -0.2) is 8.78 Å². The van der Waals surface area contributed by atoms with Crippen LogP contribution in [-0.2, 0) is 6.42 Å². The first kappa shape index (κ1) is 20.3. The van der Waals surface area contributed by atoms with Crippen molar-refractivity contribution in [2.45, 2.75) is 57.8 Å². The van der Waals surface area contributed by atoms with E-state index >= 15 is 0 Å². The van der Waals surface area contributed by atoms with Gasteiger partial charge in [0.15, 0.2) is 0 Å². The molecular formula is C26H27ClF2. The molecule has 0 saturated carbocycles. The first-order valence-electron chi connectivity index (χ1n) is 10.7. The van der Waals surface area contributed by atoms with E-state index in [0.29, 0.717) is 5.92 Å². The third-order valence-electron chi connectivity index (χ3n) is 6.43. The van der Waals surface area contributed by atoms with Gasteiger partial charge in [-0.3, -0.25) is 0 Å². The molecule has 0 fully saturated rings. The molecule has 2 atom stereocenters. The Kier molecular flexibility index (Phi) is 6.20. The molecule has 0 spiro atoms. The molecule has 152 valence electrons. The van der Waals surface area contributed by atoms with E-state index in [-0.39, 0.29) is 22.6 Å². The molecule has 0 radical (unpaired) electrons. The molecule has 4 rings (SSSR count). The normalized spacial score (nSPS) is 18.8. The van der Waals surface area contributed by atoms with E-state index < -0.39 is 0 Å². The average molecular weight is 413 g/mol. The molecule has 3 aromatic carbocycles. The quantitative estimate of drug-likeness (QED) is 0.356. The lowest BCUT2D eigenvalue weighted by molar-refractivity contribution is 0.367. The smallest absolute Gasteiger partial charge is 0.142 e. The lowest BCUT2D eigenvalue weighted by Gasteiger charge is -2.35. The van der Waals surface area contributed by atoms with Crippen LogP contribution >= 0.6 is 11.6 Å². The van der Waals surface area contributed by atoms with Crippen LogP contribution in [0, 0.1) is 17.6 Å². The van der Waals surface area contributed by atoms with E-state index in [9.17, 15) is 8.78 Å². The molecule has 3 aromatic rings. The summed E-state index contributed by atoms with van der Waals surface area (Å²) in [6, 6.07) is 14.5. The van der Waals surface area contributed by atoms with Crippen LogP contribution in [0.1, 0.15) is 68.1 Å². The molecule has 0 bridgehead atoms. The van der Waals surface area contributed by atoms with Crippen LogP contribution in [0.5, 0.6) is 0 Å². The Morgan fingerprint density at radius 3 is 2.59 bits per heavy atom. The molecule has 29 heavy (non-hydrogen) atoms. The summed E-state index contributed by atoms with van der Waals surface area (Å²) in [4.78, 5) is 0. The van der Waals surface area contributed by atoms with Gasteiger partial charge in [0.2, 0.25) is 0 Å². The Labute approximate surface area is 176 Å². The summed E-state index contributed by atoms with van der Waals surface area (Å²) >= 11 is 5.95. The van der Waals surface area contributed by atoms with Crippen molar-refractivity contribution in [2.24, 2.45) is 5.92 Å². The largest absolute Gasteiger partial charge is 0.207 e. The van der Waals surface area contributed by atoms with Crippen LogP contribution in [0.25, 0.3) is 10.8 Å². The highest BCUT2D eigenvalue weighted by Gasteiger charge is 2.31. The highest BCUT2D eigenvalue weighted by Crippen LogP contribution is 2.45. The van der Waals surface area contributed by atoms with Gasteiger partial charge in [0.1, 0.15) is 11.6 Å². The number of benzene rings is 3. The Morgan fingerprint density at radius 2 is 1.79 bits per heavy atom. The molecular weight excluding hydrogens is 386 g/mol. The van der Waals surface area contributed by atoms with Crippen LogP contribution in [0.15, 0.2) is 48.5 Å². The molecule has 0 aliphatic heterocycles. The second-order valence-electron chi connectivity index (χ2n) is 8.30. The van der Waals surface area contributed by atoms with Gasteiger partial charge >= 0.3 is 0 Å². The fraction of sp³-hybridized carbons (Fsp3) is 0.385. The Hall–Kier alpha value is -1.93. The van der Waals surface area contributed by atoms with Gasteiger partial charge < -0.3 is 0 Å². The van der Waals surface area contributed by atoms with E-state index in [0.717, 1.165) is 35.6 Å². The van der Waals surface area contributed by atoms with Crippen molar-refractivity contribution in [1.29, 1.82) is 0 Å². The lowest BCUT2D eigenvalue weighted by Crippen LogP contribution is -2.22. The van der Waals surface area contributed by atoms with Gasteiger partial charge in [-0.1, -0.05) is 68.5 Å². The molecule has 0 nitrogen and oxygen atoms in total. The number of rotatable bonds is 6. The van der Waals surface area contributed by atoms with Crippen LogP contribution < -0.4 is 0 Å². The standard InChI is InChI=1S/C26H27ClF2/c1-2-3-4-5-6-18-9-12-21-22(13-8-17-7-11-20(28)16-23(17)21)26(18)19-10-14-24(27)25(29)15-19/h7-8,10-11,13-16,18,26H,2-6,9,12H2,1H3/t18-,26-/m1/s1. The van der Waals surface area contributed by atoms with Crippen molar-refractivity contribution in [3.63, 3.8) is 0 Å². The zero-order valence-electron chi connectivity index (χ0n) is 16.9. The van der Waals surface area contributed by atoms with Gasteiger partial charge in [-0.2, -0.15) is 0 Å². The Bertz CT molecular complexity index is 1010. The monoisotopic (exact) mass is 412 g/mol. The van der Waals surface area contributed by atoms with Crippen LogP contribution in [0.3, 0.4) is 0 Å². The van der Waals surface area contributed by atoms with Crippen LogP contribution in [0.2, 0.25) is 5.02 Å². The summed E-state index contributed by atoms with van der Waals surface area (Å²) in [5.74, 6) is 0.0142. The summed E-state index contributed by atoms with van der Waals surface area (Å²) in [7, 11) is 0. The van der Waals surface area contributed by atoms with E-state index in [4.69, 9.17) is 11.6 Å². The molecule has 0 aromatic heterocycles. The maximum Gasteiger partial charge on any atom is 0.142 e. The second kappa shape index (κ2) is 8.83. The number of fused-ring (bicyclic) bond motifs is 3. The first-order chi connectivity index (χ1) is 14.1. The number of halogens is 3. The van der Waals surface area contributed by atoms with Crippen molar-refractivity contribution in [3.8, 4) is 0 Å². The zero-order valence-corrected chi connectivity index (χ0v) is 17.6. The van der Waals surface area contributed by atoms with Crippen LogP contribution in [0.4, 0.5) is 8.78 Å². The molecule has 0 saturated heterocycles. The lowest BCUT2D eigenvalue weighted by atomic mass is 9.69. The van der Waals surface area contributed by atoms with E-state index in [1.54, 1.807) is 18.2 Å². The van der Waals surface area contributed by atoms with E-state index in [1.165, 1.54) is 42.9 Å². The highest BCUT2D eigenvalue weighted by atomic mass is 35.5. The third kappa shape index (κ3) is 4.19. The number of hydrogen-bond donors (Lipinski definition) is 0. The molecule has 1 aliphatic carbocycles. The van der Waals surface area contributed by atoms with Crippen molar-refractivity contribution in [3.05, 3.63) is 81.9 Å². The van der Waals surface area contributed by atoms with Gasteiger partial charge in [-0.05, 0) is 76.9 Å². The summed E-state index contributed by atoms with van der Waals surface area (Å²) < 4.78 is 28.3. The number of unbranched alkanes of at least 4 members (excludes halogenated alkanes) is 3. The fourth-order valence-corrected chi connectivity index (χ4v) is 5.11. The van der Waals surface area contributed by atoms with Gasteiger partial charge in [0, 0.05) is 5.92 Å². The average Bonchev–Trinajstić information content (AvgIpc) is 2.72. The predicted octanol–water partition coefficient (Wildman–Crippen LogP) is 8.44.